The molecule has 2 N–H and O–H groups in total. The van der Waals surface area contributed by atoms with Crippen LogP contribution in [0.25, 0.3) is 0 Å². The molecular formula is C13H24N2O4. The molecule has 2 heterocycles. The van der Waals surface area contributed by atoms with Crippen molar-refractivity contribution in [1.29, 1.82) is 0 Å². The molecule has 1 amide bonds. The van der Waals surface area contributed by atoms with Crippen LogP contribution in [-0.2, 0) is 14.3 Å². The highest BCUT2D eigenvalue weighted by atomic mass is 16.5. The van der Waals surface area contributed by atoms with E-state index in [1.807, 2.05) is 0 Å². The smallest absolute Gasteiger partial charge is 0.225 e. The van der Waals surface area contributed by atoms with Crippen LogP contribution in [0.15, 0.2) is 0 Å². The van der Waals surface area contributed by atoms with Gasteiger partial charge in [-0.05, 0) is 25.9 Å². The molecule has 19 heavy (non-hydrogen) atoms. The molecule has 2 aliphatic heterocycles. The van der Waals surface area contributed by atoms with Gasteiger partial charge in [-0.1, -0.05) is 0 Å². The van der Waals surface area contributed by atoms with E-state index < -0.39 is 0 Å². The molecule has 2 saturated heterocycles. The maximum Gasteiger partial charge on any atom is 0.225 e. The number of carbonyl (C=O) groups is 1. The minimum atomic E-state index is -0.233. The van der Waals surface area contributed by atoms with Crippen molar-refractivity contribution in [2.75, 3.05) is 46.0 Å². The van der Waals surface area contributed by atoms with E-state index in [1.165, 1.54) is 0 Å². The zero-order valence-corrected chi connectivity index (χ0v) is 11.3. The molecule has 2 aliphatic rings. The number of morpholine rings is 1. The zero-order valence-electron chi connectivity index (χ0n) is 11.3. The lowest BCUT2D eigenvalue weighted by Crippen LogP contribution is -2.47. The number of aliphatic hydroxyl groups excluding tert-OH is 1. The van der Waals surface area contributed by atoms with Crippen molar-refractivity contribution in [3.8, 4) is 0 Å². The fraction of sp³-hybridized carbons (Fsp3) is 0.923. The molecular weight excluding hydrogens is 248 g/mol. The number of aliphatic hydroxyl groups is 1. The highest BCUT2D eigenvalue weighted by Gasteiger charge is 2.23. The Hall–Kier alpha value is -0.690. The molecule has 0 spiro atoms. The van der Waals surface area contributed by atoms with Gasteiger partial charge in [-0.2, -0.15) is 0 Å². The maximum atomic E-state index is 12.0. The van der Waals surface area contributed by atoms with Gasteiger partial charge >= 0.3 is 0 Å². The molecule has 0 aromatic carbocycles. The van der Waals surface area contributed by atoms with Gasteiger partial charge < -0.3 is 24.8 Å². The second kappa shape index (κ2) is 7.79. The fourth-order valence-electron chi connectivity index (χ4n) is 2.49. The van der Waals surface area contributed by atoms with Crippen LogP contribution >= 0.6 is 0 Å². The number of ether oxygens (including phenoxy) is 2. The molecule has 1 unspecified atom stereocenters. The van der Waals surface area contributed by atoms with Crippen LogP contribution in [0.3, 0.4) is 0 Å². The molecule has 1 atom stereocenters. The van der Waals surface area contributed by atoms with Gasteiger partial charge in [0.15, 0.2) is 0 Å². The van der Waals surface area contributed by atoms with Gasteiger partial charge in [0.2, 0.25) is 5.91 Å². The summed E-state index contributed by atoms with van der Waals surface area (Å²) in [6.45, 7) is 4.07. The van der Waals surface area contributed by atoms with E-state index in [2.05, 4.69) is 5.32 Å². The summed E-state index contributed by atoms with van der Waals surface area (Å²) in [4.78, 5) is 13.8. The average Bonchev–Trinajstić information content (AvgIpc) is 2.48. The summed E-state index contributed by atoms with van der Waals surface area (Å²) in [5.74, 6) is 0.0932. The molecule has 6 nitrogen and oxygen atoms in total. The number of nitrogens with one attached hydrogen (secondary N) is 1. The first-order chi connectivity index (χ1) is 9.29. The van der Waals surface area contributed by atoms with Crippen LogP contribution in [0.1, 0.15) is 19.3 Å². The van der Waals surface area contributed by atoms with E-state index in [9.17, 15) is 4.79 Å². The standard InChI is InChI=1S/C13H24N2O4/c16-10-12-9-15(6-8-19-12)13(17)3-7-18-11-1-4-14-5-2-11/h11-12,14,16H,1-10H2. The zero-order chi connectivity index (χ0) is 13.5. The van der Waals surface area contributed by atoms with Gasteiger partial charge in [0.25, 0.3) is 0 Å². The predicted molar refractivity (Wildman–Crippen MR) is 69.9 cm³/mol. The normalized spacial score (nSPS) is 25.5. The minimum absolute atomic E-state index is 0.0324. The Labute approximate surface area is 114 Å². The molecule has 0 saturated carbocycles. The Balaban J connectivity index is 1.63. The largest absolute Gasteiger partial charge is 0.394 e. The lowest BCUT2D eigenvalue weighted by atomic mass is 10.1. The van der Waals surface area contributed by atoms with Crippen LogP contribution in [0.5, 0.6) is 0 Å². The van der Waals surface area contributed by atoms with Crippen LogP contribution in [0.4, 0.5) is 0 Å². The van der Waals surface area contributed by atoms with Crippen LogP contribution in [0.2, 0.25) is 0 Å². The van der Waals surface area contributed by atoms with E-state index in [0.717, 1.165) is 25.9 Å². The lowest BCUT2D eigenvalue weighted by molar-refractivity contribution is -0.141. The van der Waals surface area contributed by atoms with Crippen molar-refractivity contribution >= 4 is 5.91 Å². The van der Waals surface area contributed by atoms with Gasteiger partial charge in [-0.25, -0.2) is 0 Å². The van der Waals surface area contributed by atoms with Crippen LogP contribution < -0.4 is 5.32 Å². The van der Waals surface area contributed by atoms with Crippen LogP contribution in [-0.4, -0.2) is 74.1 Å². The topological polar surface area (TPSA) is 71.0 Å². The first-order valence-electron chi connectivity index (χ1n) is 7.12. The Kier molecular flexibility index (Phi) is 6.03. The Bertz CT molecular complexity index is 282. The van der Waals surface area contributed by atoms with E-state index in [-0.39, 0.29) is 18.6 Å². The van der Waals surface area contributed by atoms with Gasteiger partial charge in [-0.15, -0.1) is 0 Å². The van der Waals surface area contributed by atoms with Crippen molar-refractivity contribution in [1.82, 2.24) is 10.2 Å². The van der Waals surface area contributed by atoms with Crippen molar-refractivity contribution in [2.45, 2.75) is 31.5 Å². The third-order valence-corrected chi connectivity index (χ3v) is 3.65. The third-order valence-electron chi connectivity index (χ3n) is 3.65. The summed E-state index contributed by atoms with van der Waals surface area (Å²) in [6.07, 6.45) is 2.53. The van der Waals surface area contributed by atoms with E-state index in [1.54, 1.807) is 4.90 Å². The second-order valence-corrected chi connectivity index (χ2v) is 5.09. The molecule has 2 rings (SSSR count). The quantitative estimate of drug-likeness (QED) is 0.697. The Morgan fingerprint density at radius 3 is 2.95 bits per heavy atom. The molecule has 110 valence electrons. The highest BCUT2D eigenvalue weighted by molar-refractivity contribution is 5.76. The van der Waals surface area contributed by atoms with Gasteiger partial charge in [0.1, 0.15) is 0 Å². The Morgan fingerprint density at radius 2 is 2.21 bits per heavy atom. The number of amides is 1. The number of nitrogens with zero attached hydrogens (tertiary/aromatic N) is 1. The maximum absolute atomic E-state index is 12.0. The molecule has 0 aromatic rings. The fourth-order valence-corrected chi connectivity index (χ4v) is 2.49. The van der Waals surface area contributed by atoms with Gasteiger partial charge in [0.05, 0.1) is 38.4 Å². The van der Waals surface area contributed by atoms with Gasteiger partial charge in [-0.3, -0.25) is 4.79 Å². The summed E-state index contributed by atoms with van der Waals surface area (Å²) < 4.78 is 11.1. The summed E-state index contributed by atoms with van der Waals surface area (Å²) in [7, 11) is 0. The third kappa shape index (κ3) is 4.72. The average molecular weight is 272 g/mol. The number of hydrogen-bond donors (Lipinski definition) is 2. The highest BCUT2D eigenvalue weighted by Crippen LogP contribution is 2.09. The number of piperidine rings is 1. The van der Waals surface area contributed by atoms with Gasteiger partial charge in [0, 0.05) is 13.1 Å². The van der Waals surface area contributed by atoms with E-state index in [4.69, 9.17) is 14.6 Å². The van der Waals surface area contributed by atoms with E-state index in [0.29, 0.717) is 38.8 Å². The molecule has 6 heteroatoms. The van der Waals surface area contributed by atoms with Crippen LogP contribution in [0, 0.1) is 0 Å². The Morgan fingerprint density at radius 1 is 1.42 bits per heavy atom. The predicted octanol–water partition coefficient (Wildman–Crippen LogP) is -0.635. The minimum Gasteiger partial charge on any atom is -0.394 e. The van der Waals surface area contributed by atoms with E-state index >= 15 is 0 Å². The van der Waals surface area contributed by atoms with Crippen molar-refractivity contribution in [3.63, 3.8) is 0 Å². The molecule has 0 aromatic heterocycles. The first kappa shape index (κ1) is 14.7. The second-order valence-electron chi connectivity index (χ2n) is 5.09. The molecule has 0 radical (unpaired) electrons. The molecule has 2 fully saturated rings. The van der Waals surface area contributed by atoms with Crippen molar-refractivity contribution in [3.05, 3.63) is 0 Å². The number of carbonyl (C=O) groups excluding carboxylic acids is 1. The SMILES string of the molecule is O=C(CCOC1CCNCC1)N1CCOC(CO)C1. The van der Waals surface area contributed by atoms with Crippen molar-refractivity contribution in [2.24, 2.45) is 0 Å². The molecule has 0 bridgehead atoms. The summed E-state index contributed by atoms with van der Waals surface area (Å²) in [5, 5.41) is 12.3. The molecule has 0 aliphatic carbocycles. The lowest BCUT2D eigenvalue weighted by Gasteiger charge is -2.32. The van der Waals surface area contributed by atoms with Crippen molar-refractivity contribution < 1.29 is 19.4 Å². The summed E-state index contributed by atoms with van der Waals surface area (Å²) >= 11 is 0. The summed E-state index contributed by atoms with van der Waals surface area (Å²) in [6, 6.07) is 0. The number of rotatable bonds is 5. The first-order valence-corrected chi connectivity index (χ1v) is 7.12. The monoisotopic (exact) mass is 272 g/mol. The number of hydrogen-bond acceptors (Lipinski definition) is 5. The summed E-state index contributed by atoms with van der Waals surface area (Å²) in [5.41, 5.74) is 0.